The number of aromatic nitrogens is 1. The van der Waals surface area contributed by atoms with E-state index in [0.717, 1.165) is 16.5 Å². The van der Waals surface area contributed by atoms with Gasteiger partial charge in [0.05, 0.1) is 11.7 Å². The van der Waals surface area contributed by atoms with Gasteiger partial charge in [-0.2, -0.15) is 0 Å². The van der Waals surface area contributed by atoms with Gasteiger partial charge in [0.2, 0.25) is 0 Å². The number of rotatable bonds is 3. The Morgan fingerprint density at radius 3 is 2.74 bits per heavy atom. The lowest BCUT2D eigenvalue weighted by molar-refractivity contribution is 0.561. The molecule has 1 unspecified atom stereocenters. The van der Waals surface area contributed by atoms with E-state index in [2.05, 4.69) is 9.38 Å². The molecule has 0 aliphatic heterocycles. The van der Waals surface area contributed by atoms with Crippen molar-refractivity contribution in [2.24, 2.45) is 4.40 Å². The van der Waals surface area contributed by atoms with Crippen molar-refractivity contribution < 1.29 is 4.55 Å². The Kier molecular flexibility index (Phi) is 4.22. The van der Waals surface area contributed by atoms with Crippen LogP contribution in [-0.2, 0) is 17.8 Å². The van der Waals surface area contributed by atoms with Crippen LogP contribution in [0.5, 0.6) is 0 Å². The molecule has 0 saturated heterocycles. The molecular weight excluding hydrogens is 256 g/mol. The van der Waals surface area contributed by atoms with E-state index in [1.54, 1.807) is 12.4 Å². The fourth-order valence-corrected chi connectivity index (χ4v) is 2.22. The molecule has 100 valence electrons. The van der Waals surface area contributed by atoms with Crippen molar-refractivity contribution in [2.75, 3.05) is 0 Å². The Hall–Kier alpha value is -1.39. The van der Waals surface area contributed by atoms with Gasteiger partial charge in [-0.1, -0.05) is 22.6 Å². The summed E-state index contributed by atoms with van der Waals surface area (Å²) in [6.07, 6.45) is 4.21. The van der Waals surface area contributed by atoms with Crippen LogP contribution in [0.4, 0.5) is 0 Å². The molecule has 3 nitrogen and oxygen atoms in total. The molecule has 2 rings (SSSR count). The van der Waals surface area contributed by atoms with E-state index >= 15 is 0 Å². The normalized spacial score (nSPS) is 14.1. The third kappa shape index (κ3) is 3.55. The van der Waals surface area contributed by atoms with Crippen molar-refractivity contribution in [2.45, 2.75) is 31.9 Å². The summed E-state index contributed by atoms with van der Waals surface area (Å²) in [5.74, 6) is 0. The average Bonchev–Trinajstić information content (AvgIpc) is 2.38. The van der Waals surface area contributed by atoms with Gasteiger partial charge in [-0.25, -0.2) is 0 Å². The summed E-state index contributed by atoms with van der Waals surface area (Å²) in [5, 5.41) is 1.12. The molecule has 0 bridgehead atoms. The Morgan fingerprint density at radius 1 is 1.26 bits per heavy atom. The first-order valence-electron chi connectivity index (χ1n) is 6.25. The molecule has 0 N–H and O–H groups in total. The summed E-state index contributed by atoms with van der Waals surface area (Å²) < 4.78 is 15.6. The number of fused-ring (bicyclic) bond motifs is 1. The standard InChI is InChI=1S/C15H18N2OS/c1-15(2,3)19(18)17-11-9-12-8-10-16-14-7-5-4-6-13(12)14/h4-8,10-11H,9H2,1-3H3. The van der Waals surface area contributed by atoms with Gasteiger partial charge in [-0.05, 0) is 38.5 Å². The minimum absolute atomic E-state index is 0.309. The minimum atomic E-state index is -1.19. The van der Waals surface area contributed by atoms with Crippen LogP contribution in [0.3, 0.4) is 0 Å². The van der Waals surface area contributed by atoms with E-state index in [4.69, 9.17) is 0 Å². The Bertz CT molecular complexity index is 585. The molecule has 0 fully saturated rings. The fourth-order valence-electron chi connectivity index (χ4n) is 1.69. The molecular formula is C15H18N2OS. The number of para-hydroxylation sites is 1. The van der Waals surface area contributed by atoms with E-state index in [1.807, 2.05) is 51.1 Å². The third-order valence-electron chi connectivity index (χ3n) is 2.74. The summed E-state index contributed by atoms with van der Waals surface area (Å²) in [7, 11) is 0. The quantitative estimate of drug-likeness (QED) is 0.637. The fraction of sp³-hybridized carbons (Fsp3) is 0.333. The first kappa shape index (κ1) is 14.0. The predicted molar refractivity (Wildman–Crippen MR) is 81.8 cm³/mol. The van der Waals surface area contributed by atoms with Crippen molar-refractivity contribution in [3.8, 4) is 0 Å². The van der Waals surface area contributed by atoms with Crippen molar-refractivity contribution in [1.82, 2.24) is 4.98 Å². The highest BCUT2D eigenvalue weighted by molar-refractivity contribution is 7.91. The summed E-state index contributed by atoms with van der Waals surface area (Å²) in [4.78, 5) is 4.32. The molecule has 0 aliphatic carbocycles. The van der Waals surface area contributed by atoms with E-state index in [0.29, 0.717) is 6.42 Å². The van der Waals surface area contributed by atoms with E-state index in [9.17, 15) is 4.55 Å². The molecule has 19 heavy (non-hydrogen) atoms. The molecule has 1 atom stereocenters. The van der Waals surface area contributed by atoms with Gasteiger partial charge in [-0.3, -0.25) is 4.98 Å². The van der Waals surface area contributed by atoms with Gasteiger partial charge >= 0.3 is 0 Å². The van der Waals surface area contributed by atoms with Crippen LogP contribution < -0.4 is 0 Å². The lowest BCUT2D eigenvalue weighted by Gasteiger charge is -2.17. The van der Waals surface area contributed by atoms with Gasteiger partial charge in [0.25, 0.3) is 0 Å². The Morgan fingerprint density at radius 2 is 2.00 bits per heavy atom. The third-order valence-corrected chi connectivity index (χ3v) is 4.13. The van der Waals surface area contributed by atoms with Crippen molar-refractivity contribution in [3.63, 3.8) is 0 Å². The predicted octanol–water partition coefficient (Wildman–Crippen LogP) is 3.31. The molecule has 0 spiro atoms. The van der Waals surface area contributed by atoms with Crippen LogP contribution >= 0.6 is 0 Å². The maximum absolute atomic E-state index is 11.8. The highest BCUT2D eigenvalue weighted by Gasteiger charge is 2.25. The Balaban J connectivity index is 2.17. The topological polar surface area (TPSA) is 48.3 Å². The number of hydrogen-bond acceptors (Lipinski definition) is 3. The van der Waals surface area contributed by atoms with Crippen LogP contribution in [0.15, 0.2) is 40.9 Å². The smallest absolute Gasteiger partial charge is 0.144 e. The molecule has 1 aromatic carbocycles. The van der Waals surface area contributed by atoms with Crippen LogP contribution in [0.2, 0.25) is 0 Å². The second-order valence-corrected chi connectivity index (χ2v) is 7.27. The van der Waals surface area contributed by atoms with Crippen LogP contribution in [-0.4, -0.2) is 20.5 Å². The second-order valence-electron chi connectivity index (χ2n) is 5.34. The number of hydrogen-bond donors (Lipinski definition) is 0. The van der Waals surface area contributed by atoms with E-state index in [1.165, 1.54) is 0 Å². The lowest BCUT2D eigenvalue weighted by atomic mass is 10.1. The van der Waals surface area contributed by atoms with E-state index < -0.39 is 11.4 Å². The molecule has 0 radical (unpaired) electrons. The summed E-state index contributed by atoms with van der Waals surface area (Å²) in [6.45, 7) is 5.76. The summed E-state index contributed by atoms with van der Waals surface area (Å²) in [5.41, 5.74) is 2.13. The highest BCUT2D eigenvalue weighted by Crippen LogP contribution is 2.18. The van der Waals surface area contributed by atoms with Crippen molar-refractivity contribution in [3.05, 3.63) is 42.1 Å². The summed E-state index contributed by atoms with van der Waals surface area (Å²) >= 11 is -1.19. The van der Waals surface area contributed by atoms with Crippen LogP contribution in [0.25, 0.3) is 10.9 Å². The van der Waals surface area contributed by atoms with Gasteiger partial charge in [0.15, 0.2) is 0 Å². The molecule has 0 amide bonds. The average molecular weight is 274 g/mol. The van der Waals surface area contributed by atoms with Crippen LogP contribution in [0.1, 0.15) is 26.3 Å². The van der Waals surface area contributed by atoms with Gasteiger partial charge in [-0.15, -0.1) is 0 Å². The molecule has 1 aromatic heterocycles. The molecule has 1 heterocycles. The number of pyridine rings is 1. The van der Waals surface area contributed by atoms with Crippen molar-refractivity contribution in [1.29, 1.82) is 0 Å². The molecule has 4 heteroatoms. The molecule has 0 aliphatic rings. The first-order chi connectivity index (χ1) is 8.98. The van der Waals surface area contributed by atoms with Crippen molar-refractivity contribution >= 4 is 28.5 Å². The molecule has 2 aromatic rings. The second kappa shape index (κ2) is 5.72. The van der Waals surface area contributed by atoms with Gasteiger partial charge in [0, 0.05) is 18.0 Å². The molecule has 0 saturated carbocycles. The zero-order valence-corrected chi connectivity index (χ0v) is 12.3. The SMILES string of the molecule is CC(C)(C)[S+]([O-])N=CCc1ccnc2ccccc12. The Labute approximate surface area is 117 Å². The monoisotopic (exact) mass is 274 g/mol. The minimum Gasteiger partial charge on any atom is -0.591 e. The zero-order valence-electron chi connectivity index (χ0n) is 11.5. The lowest BCUT2D eigenvalue weighted by Crippen LogP contribution is -2.25. The number of nitrogens with zero attached hydrogens (tertiary/aromatic N) is 2. The van der Waals surface area contributed by atoms with E-state index in [-0.39, 0.29) is 4.75 Å². The zero-order chi connectivity index (χ0) is 13.9. The van der Waals surface area contributed by atoms with Gasteiger partial charge < -0.3 is 4.55 Å². The summed E-state index contributed by atoms with van der Waals surface area (Å²) in [6, 6.07) is 9.99. The first-order valence-corrected chi connectivity index (χ1v) is 7.36. The highest BCUT2D eigenvalue weighted by atomic mass is 32.2. The maximum Gasteiger partial charge on any atom is 0.144 e. The largest absolute Gasteiger partial charge is 0.591 e. The van der Waals surface area contributed by atoms with Gasteiger partial charge in [0.1, 0.15) is 16.1 Å². The maximum atomic E-state index is 11.8. The van der Waals surface area contributed by atoms with Crippen LogP contribution in [0, 0.1) is 0 Å². The number of benzene rings is 1.